The first-order chi connectivity index (χ1) is 11.3. The average molecular weight is 330 g/mol. The summed E-state index contributed by atoms with van der Waals surface area (Å²) in [7, 11) is 0. The van der Waals surface area contributed by atoms with Crippen LogP contribution in [0.2, 0.25) is 0 Å². The Labute approximate surface area is 136 Å². The summed E-state index contributed by atoms with van der Waals surface area (Å²) < 4.78 is 39.4. The SMILES string of the molecule is CC1=C(Cc2ccccc2C(F)(F)F)C(=O)c2ccccc2C1=O. The van der Waals surface area contributed by atoms with Crippen LogP contribution in [0.4, 0.5) is 13.2 Å². The number of alkyl halides is 3. The Morgan fingerprint density at radius 2 is 1.38 bits per heavy atom. The van der Waals surface area contributed by atoms with Gasteiger partial charge in [0.15, 0.2) is 11.6 Å². The van der Waals surface area contributed by atoms with Crippen molar-refractivity contribution in [2.24, 2.45) is 0 Å². The first kappa shape index (κ1) is 16.2. The first-order valence-electron chi connectivity index (χ1n) is 7.34. The molecule has 0 bridgehead atoms. The highest BCUT2D eigenvalue weighted by atomic mass is 19.4. The molecule has 0 saturated heterocycles. The van der Waals surface area contributed by atoms with Gasteiger partial charge in [0.05, 0.1) is 5.56 Å². The van der Waals surface area contributed by atoms with Crippen LogP contribution in [0.3, 0.4) is 0 Å². The molecule has 0 saturated carbocycles. The maximum atomic E-state index is 13.1. The normalized spacial score (nSPS) is 14.8. The minimum atomic E-state index is -4.51. The van der Waals surface area contributed by atoms with E-state index in [2.05, 4.69) is 0 Å². The van der Waals surface area contributed by atoms with E-state index in [1.165, 1.54) is 31.2 Å². The second kappa shape index (κ2) is 5.74. The molecule has 1 aliphatic rings. The number of rotatable bonds is 2. The molecule has 0 aromatic heterocycles. The van der Waals surface area contributed by atoms with Gasteiger partial charge in [0.25, 0.3) is 0 Å². The van der Waals surface area contributed by atoms with E-state index < -0.39 is 11.7 Å². The summed E-state index contributed by atoms with van der Waals surface area (Å²) in [5, 5.41) is 0. The van der Waals surface area contributed by atoms with E-state index in [9.17, 15) is 22.8 Å². The Morgan fingerprint density at radius 3 is 2.00 bits per heavy atom. The number of hydrogen-bond donors (Lipinski definition) is 0. The standard InChI is InChI=1S/C19H13F3O2/c1-11-15(10-12-6-2-5-9-16(12)19(20,21)22)18(24)14-8-4-3-7-13(14)17(11)23/h2-9H,10H2,1H3. The van der Waals surface area contributed by atoms with Crippen molar-refractivity contribution < 1.29 is 22.8 Å². The second-order valence-electron chi connectivity index (χ2n) is 5.64. The Balaban J connectivity index is 2.08. The largest absolute Gasteiger partial charge is 0.416 e. The Bertz CT molecular complexity index is 876. The third-order valence-corrected chi connectivity index (χ3v) is 4.17. The number of Topliss-reactive ketones (excluding diaryl/α,β-unsaturated/α-hetero) is 2. The Morgan fingerprint density at radius 1 is 0.833 bits per heavy atom. The minimum Gasteiger partial charge on any atom is -0.289 e. The van der Waals surface area contributed by atoms with Crippen molar-refractivity contribution in [2.45, 2.75) is 19.5 Å². The van der Waals surface area contributed by atoms with Crippen molar-refractivity contribution in [2.75, 3.05) is 0 Å². The van der Waals surface area contributed by atoms with Crippen LogP contribution in [-0.4, -0.2) is 11.6 Å². The van der Waals surface area contributed by atoms with Crippen LogP contribution in [0.5, 0.6) is 0 Å². The van der Waals surface area contributed by atoms with E-state index in [0.29, 0.717) is 5.56 Å². The topological polar surface area (TPSA) is 34.1 Å². The van der Waals surface area contributed by atoms with E-state index >= 15 is 0 Å². The predicted molar refractivity (Wildman–Crippen MR) is 83.0 cm³/mol. The molecule has 0 atom stereocenters. The molecule has 0 fully saturated rings. The fourth-order valence-corrected chi connectivity index (χ4v) is 2.91. The van der Waals surface area contributed by atoms with Crippen LogP contribution in [0.25, 0.3) is 0 Å². The van der Waals surface area contributed by atoms with Gasteiger partial charge >= 0.3 is 6.18 Å². The van der Waals surface area contributed by atoms with Crippen molar-refractivity contribution in [1.29, 1.82) is 0 Å². The van der Waals surface area contributed by atoms with Gasteiger partial charge < -0.3 is 0 Å². The average Bonchev–Trinajstić information content (AvgIpc) is 2.56. The summed E-state index contributed by atoms with van der Waals surface area (Å²) in [4.78, 5) is 25.1. The zero-order chi connectivity index (χ0) is 17.5. The molecule has 0 spiro atoms. The second-order valence-corrected chi connectivity index (χ2v) is 5.64. The Hall–Kier alpha value is -2.69. The number of carbonyl (C=O) groups is 2. The van der Waals surface area contributed by atoms with Gasteiger partial charge in [-0.2, -0.15) is 13.2 Å². The van der Waals surface area contributed by atoms with E-state index in [1.807, 2.05) is 0 Å². The molecule has 2 aromatic rings. The first-order valence-corrected chi connectivity index (χ1v) is 7.34. The summed E-state index contributed by atoms with van der Waals surface area (Å²) in [5.74, 6) is -0.704. The van der Waals surface area contributed by atoms with Crippen molar-refractivity contribution in [3.63, 3.8) is 0 Å². The molecule has 5 heteroatoms. The third kappa shape index (κ3) is 2.66. The molecule has 2 aromatic carbocycles. The summed E-state index contributed by atoms with van der Waals surface area (Å²) in [6, 6.07) is 11.5. The molecule has 0 unspecified atom stereocenters. The van der Waals surface area contributed by atoms with Gasteiger partial charge in [0.2, 0.25) is 0 Å². The van der Waals surface area contributed by atoms with Crippen LogP contribution < -0.4 is 0 Å². The van der Waals surface area contributed by atoms with Crippen LogP contribution in [-0.2, 0) is 12.6 Å². The zero-order valence-electron chi connectivity index (χ0n) is 12.8. The summed E-state index contributed by atoms with van der Waals surface area (Å²) in [6.45, 7) is 1.49. The molecule has 0 N–H and O–H groups in total. The number of halogens is 3. The maximum absolute atomic E-state index is 13.1. The van der Waals surface area contributed by atoms with Crippen LogP contribution >= 0.6 is 0 Å². The van der Waals surface area contributed by atoms with Crippen molar-refractivity contribution in [3.8, 4) is 0 Å². The number of benzene rings is 2. The number of allylic oxidation sites excluding steroid dienone is 2. The maximum Gasteiger partial charge on any atom is 0.416 e. The third-order valence-electron chi connectivity index (χ3n) is 4.17. The summed E-state index contributed by atoms with van der Waals surface area (Å²) in [5.41, 5.74) is 0.0656. The molecule has 2 nitrogen and oxygen atoms in total. The van der Waals surface area contributed by atoms with E-state index in [0.717, 1.165) is 6.07 Å². The number of hydrogen-bond acceptors (Lipinski definition) is 2. The summed E-state index contributed by atoms with van der Waals surface area (Å²) in [6.07, 6.45) is -4.73. The highest BCUT2D eigenvalue weighted by Gasteiger charge is 2.35. The van der Waals surface area contributed by atoms with Crippen LogP contribution in [0.15, 0.2) is 59.7 Å². The molecule has 0 aliphatic heterocycles. The van der Waals surface area contributed by atoms with Gasteiger partial charge in [-0.05, 0) is 18.6 Å². The van der Waals surface area contributed by atoms with Gasteiger partial charge in [-0.15, -0.1) is 0 Å². The van der Waals surface area contributed by atoms with Crippen molar-refractivity contribution >= 4 is 11.6 Å². The van der Waals surface area contributed by atoms with Crippen molar-refractivity contribution in [3.05, 3.63) is 81.9 Å². The molecule has 3 rings (SSSR count). The molecule has 1 aliphatic carbocycles. The number of ketones is 2. The van der Waals surface area contributed by atoms with Gasteiger partial charge in [0, 0.05) is 28.7 Å². The smallest absolute Gasteiger partial charge is 0.289 e. The molecule has 24 heavy (non-hydrogen) atoms. The summed E-state index contributed by atoms with van der Waals surface area (Å²) >= 11 is 0. The highest BCUT2D eigenvalue weighted by molar-refractivity contribution is 6.26. The molecular formula is C19H13F3O2. The zero-order valence-corrected chi connectivity index (χ0v) is 12.8. The fourth-order valence-electron chi connectivity index (χ4n) is 2.91. The van der Waals surface area contributed by atoms with E-state index in [-0.39, 0.29) is 40.3 Å². The molecular weight excluding hydrogens is 317 g/mol. The Kier molecular flexibility index (Phi) is 3.87. The molecule has 122 valence electrons. The quantitative estimate of drug-likeness (QED) is 0.803. The minimum absolute atomic E-state index is 0.0140. The van der Waals surface area contributed by atoms with E-state index in [4.69, 9.17) is 0 Å². The lowest BCUT2D eigenvalue weighted by Crippen LogP contribution is -2.22. The molecule has 0 amide bonds. The molecule has 0 heterocycles. The van der Waals surface area contributed by atoms with Gasteiger partial charge in [-0.1, -0.05) is 42.5 Å². The van der Waals surface area contributed by atoms with Crippen molar-refractivity contribution in [1.82, 2.24) is 0 Å². The lowest BCUT2D eigenvalue weighted by atomic mass is 9.82. The lowest BCUT2D eigenvalue weighted by molar-refractivity contribution is -0.138. The predicted octanol–water partition coefficient (Wildman–Crippen LogP) is 4.64. The van der Waals surface area contributed by atoms with E-state index in [1.54, 1.807) is 18.2 Å². The van der Waals surface area contributed by atoms with Gasteiger partial charge in [-0.3, -0.25) is 9.59 Å². The number of carbonyl (C=O) groups excluding carboxylic acids is 2. The van der Waals surface area contributed by atoms with Gasteiger partial charge in [0.1, 0.15) is 0 Å². The highest BCUT2D eigenvalue weighted by Crippen LogP contribution is 2.35. The monoisotopic (exact) mass is 330 g/mol. The lowest BCUT2D eigenvalue weighted by Gasteiger charge is -2.20. The van der Waals surface area contributed by atoms with Crippen LogP contribution in [0, 0.1) is 0 Å². The van der Waals surface area contributed by atoms with Crippen LogP contribution in [0.1, 0.15) is 38.8 Å². The van der Waals surface area contributed by atoms with Gasteiger partial charge in [-0.25, -0.2) is 0 Å². The molecule has 0 radical (unpaired) electrons. The number of fused-ring (bicyclic) bond motifs is 1. The fraction of sp³-hybridized carbons (Fsp3) is 0.158.